The van der Waals surface area contributed by atoms with Crippen LogP contribution in [0.15, 0.2) is 42.6 Å². The number of carbonyl (C=O) groups excluding carboxylic acids is 1. The number of hydrogen-bond donors (Lipinski definition) is 1. The number of halogens is 1. The third-order valence-corrected chi connectivity index (χ3v) is 4.73. The molecule has 4 nitrogen and oxygen atoms in total. The molecule has 21 heavy (non-hydrogen) atoms. The van der Waals surface area contributed by atoms with Crippen molar-refractivity contribution in [3.63, 3.8) is 0 Å². The van der Waals surface area contributed by atoms with Crippen molar-refractivity contribution in [1.29, 1.82) is 0 Å². The average molecular weight is 305 g/mol. The molecule has 0 aliphatic carbocycles. The van der Waals surface area contributed by atoms with Gasteiger partial charge in [-0.1, -0.05) is 12.1 Å². The van der Waals surface area contributed by atoms with Gasteiger partial charge in [-0.3, -0.25) is 0 Å². The van der Waals surface area contributed by atoms with E-state index in [-0.39, 0.29) is 17.1 Å². The highest BCUT2D eigenvalue weighted by atomic mass is 32.2. The summed E-state index contributed by atoms with van der Waals surface area (Å²) in [4.78, 5) is 14.2. The quantitative estimate of drug-likeness (QED) is 0.923. The minimum atomic E-state index is -0.423. The van der Waals surface area contributed by atoms with Gasteiger partial charge in [0.05, 0.1) is 11.4 Å². The zero-order valence-electron chi connectivity index (χ0n) is 11.6. The van der Waals surface area contributed by atoms with Gasteiger partial charge in [0.15, 0.2) is 0 Å². The maximum atomic E-state index is 13.6. The fourth-order valence-corrected chi connectivity index (χ4v) is 3.73. The highest BCUT2D eigenvalue weighted by molar-refractivity contribution is 7.99. The van der Waals surface area contributed by atoms with E-state index in [2.05, 4.69) is 5.32 Å². The van der Waals surface area contributed by atoms with Gasteiger partial charge in [0.2, 0.25) is 0 Å². The number of thioether (sulfide) groups is 1. The Morgan fingerprint density at radius 3 is 2.86 bits per heavy atom. The lowest BCUT2D eigenvalue weighted by molar-refractivity contribution is 0.213. The van der Waals surface area contributed by atoms with Crippen molar-refractivity contribution < 1.29 is 9.18 Å². The number of carbonyl (C=O) groups is 1. The molecule has 0 radical (unpaired) electrons. The van der Waals surface area contributed by atoms with Gasteiger partial charge in [-0.2, -0.15) is 0 Å². The minimum Gasteiger partial charge on any atom is -0.352 e. The van der Waals surface area contributed by atoms with Gasteiger partial charge < -0.3 is 14.8 Å². The summed E-state index contributed by atoms with van der Waals surface area (Å²) in [5, 5.41) is 2.62. The molecule has 110 valence electrons. The van der Waals surface area contributed by atoms with E-state index in [1.54, 1.807) is 34.9 Å². The van der Waals surface area contributed by atoms with Crippen molar-refractivity contribution in [1.82, 2.24) is 9.47 Å². The van der Waals surface area contributed by atoms with E-state index in [9.17, 15) is 9.18 Å². The first-order valence-corrected chi connectivity index (χ1v) is 7.76. The molecule has 2 heterocycles. The summed E-state index contributed by atoms with van der Waals surface area (Å²) in [6, 6.07) is 9.90. The summed E-state index contributed by atoms with van der Waals surface area (Å²) in [7, 11) is 1.96. The number of rotatable bonds is 2. The van der Waals surface area contributed by atoms with Gasteiger partial charge in [0, 0.05) is 25.5 Å². The number of nitrogens with zero attached hydrogens (tertiary/aromatic N) is 2. The Hall–Kier alpha value is -1.95. The van der Waals surface area contributed by atoms with Crippen LogP contribution >= 0.6 is 11.8 Å². The standard InChI is InChI=1S/C15H16FN3OS/c1-18-8-4-7-13(18)14-19(9-10-21-14)15(20)17-12-6-3-2-5-11(12)16/h2-8,14H,9-10H2,1H3,(H,17,20)/t14-/m1/s1. The molecule has 2 amide bonds. The predicted molar refractivity (Wildman–Crippen MR) is 82.7 cm³/mol. The summed E-state index contributed by atoms with van der Waals surface area (Å²) in [5.74, 6) is 0.452. The SMILES string of the molecule is Cn1cccc1[C@H]1SCCN1C(=O)Nc1ccccc1F. The second-order valence-electron chi connectivity index (χ2n) is 4.87. The molecule has 3 rings (SSSR count). The van der Waals surface area contributed by atoms with Crippen molar-refractivity contribution in [3.8, 4) is 0 Å². The van der Waals surface area contributed by atoms with Gasteiger partial charge >= 0.3 is 6.03 Å². The molecule has 2 aromatic rings. The molecule has 1 atom stereocenters. The van der Waals surface area contributed by atoms with Crippen LogP contribution in [0, 0.1) is 5.82 Å². The molecule has 1 aliphatic heterocycles. The molecular weight excluding hydrogens is 289 g/mol. The van der Waals surface area contributed by atoms with E-state index < -0.39 is 5.82 Å². The lowest BCUT2D eigenvalue weighted by Crippen LogP contribution is -2.35. The first-order valence-electron chi connectivity index (χ1n) is 6.72. The zero-order chi connectivity index (χ0) is 14.8. The topological polar surface area (TPSA) is 37.3 Å². The van der Waals surface area contributed by atoms with E-state index in [0.717, 1.165) is 11.4 Å². The molecule has 0 saturated carbocycles. The number of amides is 2. The molecule has 6 heteroatoms. The van der Waals surface area contributed by atoms with Crippen molar-refractivity contribution in [3.05, 3.63) is 54.1 Å². The minimum absolute atomic E-state index is 0.0308. The van der Waals surface area contributed by atoms with Crippen molar-refractivity contribution >= 4 is 23.5 Å². The zero-order valence-corrected chi connectivity index (χ0v) is 12.4. The van der Waals surface area contributed by atoms with Crippen LogP contribution in [0.25, 0.3) is 0 Å². The largest absolute Gasteiger partial charge is 0.352 e. The Balaban J connectivity index is 1.78. The molecule has 1 fully saturated rings. The smallest absolute Gasteiger partial charge is 0.323 e. The summed E-state index contributed by atoms with van der Waals surface area (Å²) < 4.78 is 15.6. The van der Waals surface area contributed by atoms with E-state index in [1.165, 1.54) is 6.07 Å². The first-order chi connectivity index (χ1) is 10.2. The molecule has 0 spiro atoms. The Labute approximate surface area is 126 Å². The van der Waals surface area contributed by atoms with Crippen LogP contribution in [0.5, 0.6) is 0 Å². The number of anilines is 1. The summed E-state index contributed by atoms with van der Waals surface area (Å²) in [5.41, 5.74) is 1.28. The van der Waals surface area contributed by atoms with Crippen LogP contribution in [-0.2, 0) is 7.05 Å². The number of urea groups is 1. The van der Waals surface area contributed by atoms with Crippen LogP contribution in [0.2, 0.25) is 0 Å². The Morgan fingerprint density at radius 2 is 2.14 bits per heavy atom. The van der Waals surface area contributed by atoms with Crippen molar-refractivity contribution in [2.45, 2.75) is 5.37 Å². The second-order valence-corrected chi connectivity index (χ2v) is 6.06. The molecule has 1 aromatic carbocycles. The number of hydrogen-bond acceptors (Lipinski definition) is 2. The molecule has 0 bridgehead atoms. The predicted octanol–water partition coefficient (Wildman–Crippen LogP) is 3.44. The Kier molecular flexibility index (Phi) is 3.88. The number of benzene rings is 1. The normalized spacial score (nSPS) is 18.0. The molecular formula is C15H16FN3OS. The average Bonchev–Trinajstić information content (AvgIpc) is 3.09. The van der Waals surface area contributed by atoms with Crippen LogP contribution in [0.1, 0.15) is 11.1 Å². The number of nitrogens with one attached hydrogen (secondary N) is 1. The number of aryl methyl sites for hydroxylation is 1. The number of aromatic nitrogens is 1. The molecule has 0 unspecified atom stereocenters. The third-order valence-electron chi connectivity index (χ3n) is 3.50. The van der Waals surface area contributed by atoms with Crippen molar-refractivity contribution in [2.75, 3.05) is 17.6 Å². The molecule has 1 N–H and O–H groups in total. The third kappa shape index (κ3) is 2.76. The van der Waals surface area contributed by atoms with Crippen LogP contribution in [-0.4, -0.2) is 27.8 Å². The van der Waals surface area contributed by atoms with Crippen LogP contribution in [0.4, 0.5) is 14.9 Å². The van der Waals surface area contributed by atoms with Crippen LogP contribution < -0.4 is 5.32 Å². The van der Waals surface area contributed by atoms with E-state index >= 15 is 0 Å². The maximum absolute atomic E-state index is 13.6. The van der Waals surface area contributed by atoms with Gasteiger partial charge in [-0.25, -0.2) is 9.18 Å². The monoisotopic (exact) mass is 305 g/mol. The van der Waals surface area contributed by atoms with Crippen molar-refractivity contribution in [2.24, 2.45) is 7.05 Å². The highest BCUT2D eigenvalue weighted by Gasteiger charge is 2.32. The van der Waals surface area contributed by atoms with Crippen LogP contribution in [0.3, 0.4) is 0 Å². The number of para-hydroxylation sites is 1. The lowest BCUT2D eigenvalue weighted by Gasteiger charge is -2.24. The van der Waals surface area contributed by atoms with Gasteiger partial charge in [-0.05, 0) is 24.3 Å². The van der Waals surface area contributed by atoms with E-state index in [4.69, 9.17) is 0 Å². The van der Waals surface area contributed by atoms with Gasteiger partial charge in [0.1, 0.15) is 11.2 Å². The fraction of sp³-hybridized carbons (Fsp3) is 0.267. The highest BCUT2D eigenvalue weighted by Crippen LogP contribution is 2.38. The Morgan fingerprint density at radius 1 is 1.33 bits per heavy atom. The van der Waals surface area contributed by atoms with Gasteiger partial charge in [0.25, 0.3) is 0 Å². The van der Waals surface area contributed by atoms with E-state index in [1.807, 2.05) is 29.9 Å². The molecule has 1 aromatic heterocycles. The lowest BCUT2D eigenvalue weighted by atomic mass is 10.3. The molecule has 1 saturated heterocycles. The summed E-state index contributed by atoms with van der Waals surface area (Å²) in [6.07, 6.45) is 1.96. The maximum Gasteiger partial charge on any atom is 0.323 e. The molecule has 1 aliphatic rings. The summed E-state index contributed by atoms with van der Waals surface area (Å²) >= 11 is 1.72. The van der Waals surface area contributed by atoms with E-state index in [0.29, 0.717) is 6.54 Å². The fourth-order valence-electron chi connectivity index (χ4n) is 2.40. The first kappa shape index (κ1) is 14.0. The summed E-state index contributed by atoms with van der Waals surface area (Å²) in [6.45, 7) is 0.654. The second kappa shape index (κ2) is 5.81. The van der Waals surface area contributed by atoms with Gasteiger partial charge in [-0.15, -0.1) is 11.8 Å². The Bertz CT molecular complexity index is 658.